The van der Waals surface area contributed by atoms with Crippen LogP contribution >= 0.6 is 0 Å². The SMILES string of the molecule is CCCOc1ccc(C(F)(F)F)cc1NS(=O)(=O)Cc1ccccc1. The van der Waals surface area contributed by atoms with E-state index in [1.54, 1.807) is 30.3 Å². The molecule has 0 aliphatic rings. The van der Waals surface area contributed by atoms with Crippen LogP contribution in [0.15, 0.2) is 48.5 Å². The third kappa shape index (κ3) is 5.67. The summed E-state index contributed by atoms with van der Waals surface area (Å²) < 4.78 is 70.9. The Hall–Kier alpha value is -2.22. The lowest BCUT2D eigenvalue weighted by Gasteiger charge is -2.16. The highest BCUT2D eigenvalue weighted by Crippen LogP contribution is 2.35. The van der Waals surface area contributed by atoms with E-state index >= 15 is 0 Å². The molecule has 0 bridgehead atoms. The minimum Gasteiger partial charge on any atom is -0.491 e. The molecule has 25 heavy (non-hydrogen) atoms. The van der Waals surface area contributed by atoms with E-state index < -0.39 is 21.8 Å². The van der Waals surface area contributed by atoms with Crippen molar-refractivity contribution >= 4 is 15.7 Å². The van der Waals surface area contributed by atoms with E-state index in [-0.39, 0.29) is 23.8 Å². The van der Waals surface area contributed by atoms with Crippen molar-refractivity contribution in [2.45, 2.75) is 25.3 Å². The van der Waals surface area contributed by atoms with Gasteiger partial charge in [0.15, 0.2) is 0 Å². The van der Waals surface area contributed by atoms with Gasteiger partial charge in [0.25, 0.3) is 0 Å². The molecule has 2 aromatic carbocycles. The molecule has 8 heteroatoms. The molecule has 0 aliphatic carbocycles. The quantitative estimate of drug-likeness (QED) is 0.781. The molecule has 2 rings (SSSR count). The normalized spacial score (nSPS) is 12.0. The van der Waals surface area contributed by atoms with Gasteiger partial charge in [-0.25, -0.2) is 8.42 Å². The van der Waals surface area contributed by atoms with Gasteiger partial charge in [0.2, 0.25) is 10.0 Å². The van der Waals surface area contributed by atoms with Gasteiger partial charge in [0, 0.05) is 0 Å². The highest BCUT2D eigenvalue weighted by Gasteiger charge is 2.31. The number of alkyl halides is 3. The summed E-state index contributed by atoms with van der Waals surface area (Å²) >= 11 is 0. The molecule has 0 aromatic heterocycles. The van der Waals surface area contributed by atoms with Gasteiger partial charge < -0.3 is 4.74 Å². The zero-order valence-electron chi connectivity index (χ0n) is 13.5. The highest BCUT2D eigenvalue weighted by molar-refractivity contribution is 7.91. The molecular formula is C17H18F3NO3S. The number of benzene rings is 2. The van der Waals surface area contributed by atoms with E-state index in [0.717, 1.165) is 18.2 Å². The maximum atomic E-state index is 12.9. The second-order valence-electron chi connectivity index (χ2n) is 5.40. The fourth-order valence-corrected chi connectivity index (χ4v) is 3.32. The van der Waals surface area contributed by atoms with Gasteiger partial charge in [-0.15, -0.1) is 0 Å². The molecule has 0 amide bonds. The molecule has 0 radical (unpaired) electrons. The van der Waals surface area contributed by atoms with Crippen LogP contribution in [0.25, 0.3) is 0 Å². The number of sulfonamides is 1. The summed E-state index contributed by atoms with van der Waals surface area (Å²) in [5.74, 6) is -0.288. The van der Waals surface area contributed by atoms with Crippen molar-refractivity contribution in [3.8, 4) is 5.75 Å². The second-order valence-corrected chi connectivity index (χ2v) is 7.13. The first-order valence-corrected chi connectivity index (χ1v) is 9.25. The van der Waals surface area contributed by atoms with Crippen molar-refractivity contribution in [2.75, 3.05) is 11.3 Å². The molecule has 1 N–H and O–H groups in total. The molecule has 0 unspecified atom stereocenters. The van der Waals surface area contributed by atoms with Crippen LogP contribution in [0.2, 0.25) is 0 Å². The molecule has 0 fully saturated rings. The third-order valence-corrected chi connectivity index (χ3v) is 4.48. The number of halogens is 3. The predicted octanol–water partition coefficient (Wildman–Crippen LogP) is 4.44. The van der Waals surface area contributed by atoms with Crippen molar-refractivity contribution in [3.63, 3.8) is 0 Å². The topological polar surface area (TPSA) is 55.4 Å². The molecule has 0 saturated heterocycles. The molecule has 136 valence electrons. The maximum absolute atomic E-state index is 12.9. The molecule has 4 nitrogen and oxygen atoms in total. The van der Waals surface area contributed by atoms with E-state index in [2.05, 4.69) is 4.72 Å². The second kappa shape index (κ2) is 7.77. The predicted molar refractivity (Wildman–Crippen MR) is 89.9 cm³/mol. The Morgan fingerprint density at radius 2 is 1.76 bits per heavy atom. The van der Waals surface area contributed by atoms with Crippen molar-refractivity contribution in [1.82, 2.24) is 0 Å². The molecule has 0 atom stereocenters. The van der Waals surface area contributed by atoms with Crippen molar-refractivity contribution in [1.29, 1.82) is 0 Å². The summed E-state index contributed by atoms with van der Waals surface area (Å²) in [6.45, 7) is 2.10. The molecule has 0 aliphatic heterocycles. The number of anilines is 1. The zero-order chi connectivity index (χ0) is 18.5. The average molecular weight is 373 g/mol. The molecule has 2 aromatic rings. The minimum atomic E-state index is -4.58. The standard InChI is InChI=1S/C17H18F3NO3S/c1-2-10-24-16-9-8-14(17(18,19)20)11-15(16)21-25(22,23)12-13-6-4-3-5-7-13/h3-9,11,21H,2,10,12H2,1H3. The summed E-state index contributed by atoms with van der Waals surface area (Å²) in [6.07, 6.45) is -3.94. The summed E-state index contributed by atoms with van der Waals surface area (Å²) in [6, 6.07) is 11.1. The van der Waals surface area contributed by atoms with E-state index in [9.17, 15) is 21.6 Å². The van der Waals surface area contributed by atoms with Crippen LogP contribution in [0.1, 0.15) is 24.5 Å². The highest BCUT2D eigenvalue weighted by atomic mass is 32.2. The number of hydrogen-bond donors (Lipinski definition) is 1. The van der Waals surface area contributed by atoms with Crippen LogP contribution in [0.4, 0.5) is 18.9 Å². The number of nitrogens with one attached hydrogen (secondary N) is 1. The van der Waals surface area contributed by atoms with Crippen LogP contribution in [0.5, 0.6) is 5.75 Å². The Morgan fingerprint density at radius 1 is 1.08 bits per heavy atom. The van der Waals surface area contributed by atoms with E-state index in [1.165, 1.54) is 0 Å². The van der Waals surface area contributed by atoms with Crippen molar-refractivity contribution < 1.29 is 26.3 Å². The minimum absolute atomic E-state index is 0.0616. The van der Waals surface area contributed by atoms with Gasteiger partial charge in [-0.3, -0.25) is 4.72 Å². The number of rotatable bonds is 7. The Balaban J connectivity index is 2.31. The summed E-state index contributed by atoms with van der Waals surface area (Å²) in [7, 11) is -3.89. The van der Waals surface area contributed by atoms with Crippen LogP contribution in [0, 0.1) is 0 Å². The van der Waals surface area contributed by atoms with Gasteiger partial charge in [-0.2, -0.15) is 13.2 Å². The first-order chi connectivity index (χ1) is 11.7. The molecule has 0 saturated carbocycles. The first-order valence-electron chi connectivity index (χ1n) is 7.60. The largest absolute Gasteiger partial charge is 0.491 e. The Morgan fingerprint density at radius 3 is 2.36 bits per heavy atom. The van der Waals surface area contributed by atoms with Gasteiger partial charge in [0.05, 0.1) is 23.6 Å². The lowest BCUT2D eigenvalue weighted by Crippen LogP contribution is -2.17. The Labute approximate surface area is 144 Å². The van der Waals surface area contributed by atoms with Gasteiger partial charge >= 0.3 is 6.18 Å². The number of ether oxygens (including phenoxy) is 1. The lowest BCUT2D eigenvalue weighted by molar-refractivity contribution is -0.137. The summed E-state index contributed by atoms with van der Waals surface area (Å²) in [4.78, 5) is 0. The monoisotopic (exact) mass is 373 g/mol. The molecular weight excluding hydrogens is 355 g/mol. The van der Waals surface area contributed by atoms with E-state index in [1.807, 2.05) is 6.92 Å². The zero-order valence-corrected chi connectivity index (χ0v) is 14.3. The van der Waals surface area contributed by atoms with Crippen molar-refractivity contribution in [2.24, 2.45) is 0 Å². The average Bonchev–Trinajstić information content (AvgIpc) is 2.53. The smallest absolute Gasteiger partial charge is 0.416 e. The van der Waals surface area contributed by atoms with Gasteiger partial charge in [0.1, 0.15) is 5.75 Å². The lowest BCUT2D eigenvalue weighted by atomic mass is 10.2. The van der Waals surface area contributed by atoms with Crippen molar-refractivity contribution in [3.05, 3.63) is 59.7 Å². The molecule has 0 heterocycles. The molecule has 0 spiro atoms. The Bertz CT molecular complexity index is 806. The van der Waals surface area contributed by atoms with Gasteiger partial charge in [-0.1, -0.05) is 37.3 Å². The third-order valence-electron chi connectivity index (χ3n) is 3.23. The summed E-state index contributed by atoms with van der Waals surface area (Å²) in [5, 5.41) is 0. The summed E-state index contributed by atoms with van der Waals surface area (Å²) in [5.41, 5.74) is -0.647. The van der Waals surface area contributed by atoms with Crippen LogP contribution in [-0.2, 0) is 22.0 Å². The van der Waals surface area contributed by atoms with Crippen LogP contribution in [0.3, 0.4) is 0 Å². The maximum Gasteiger partial charge on any atom is 0.416 e. The van der Waals surface area contributed by atoms with E-state index in [0.29, 0.717) is 12.0 Å². The fourth-order valence-electron chi connectivity index (χ4n) is 2.12. The Kier molecular flexibility index (Phi) is 5.94. The van der Waals surface area contributed by atoms with E-state index in [4.69, 9.17) is 4.74 Å². The first kappa shape index (κ1) is 19.1. The fraction of sp³-hybridized carbons (Fsp3) is 0.294. The van der Waals surface area contributed by atoms with Crippen LogP contribution in [-0.4, -0.2) is 15.0 Å². The van der Waals surface area contributed by atoms with Gasteiger partial charge in [-0.05, 0) is 30.2 Å². The van der Waals surface area contributed by atoms with Crippen LogP contribution < -0.4 is 9.46 Å². The number of hydrogen-bond acceptors (Lipinski definition) is 3.